The molecule has 0 aliphatic heterocycles. The number of anilines is 1. The summed E-state index contributed by atoms with van der Waals surface area (Å²) < 4.78 is 3.69. The first-order valence-corrected chi connectivity index (χ1v) is 11.3. The standard InChI is InChI=1S/C15H14N.C6H6N.CH3.Al/c1-12-7-9-15(10-8-12)16-11-14-6-4-3-5-13(14)2;7-6-4-2-1-3-5-6;;/h3-11H,2H2,1H3;1-5,7H;1H3;/q;-1;;+1. The summed E-state index contributed by atoms with van der Waals surface area (Å²) in [5.41, 5.74) is 6.03. The fraction of sp³-hybridized carbons (Fsp3) is 0.136. The Bertz CT molecular complexity index is 826. The van der Waals surface area contributed by atoms with Crippen LogP contribution in [0.1, 0.15) is 16.7 Å². The Morgan fingerprint density at radius 3 is 2.32 bits per heavy atom. The molecule has 0 atom stereocenters. The Morgan fingerprint density at radius 2 is 1.56 bits per heavy atom. The highest BCUT2D eigenvalue weighted by Gasteiger charge is 2.14. The van der Waals surface area contributed by atoms with Crippen LogP contribution in [0.3, 0.4) is 0 Å². The molecular formula is C22H23AlN2. The first-order chi connectivity index (χ1) is 12.2. The second kappa shape index (κ2) is 8.67. The molecule has 0 saturated heterocycles. The van der Waals surface area contributed by atoms with E-state index in [0.29, 0.717) is 0 Å². The van der Waals surface area contributed by atoms with Crippen molar-refractivity contribution >= 4 is 32.0 Å². The predicted octanol–water partition coefficient (Wildman–Crippen LogP) is 5.56. The van der Waals surface area contributed by atoms with Gasteiger partial charge in [0.2, 0.25) is 0 Å². The smallest absolute Gasteiger partial charge is 0.412 e. The van der Waals surface area contributed by atoms with Gasteiger partial charge < -0.3 is 4.30 Å². The molecule has 124 valence electrons. The Kier molecular flexibility index (Phi) is 6.06. The van der Waals surface area contributed by atoms with Gasteiger partial charge in [0.15, 0.2) is 0 Å². The van der Waals surface area contributed by atoms with Crippen molar-refractivity contribution in [3.8, 4) is 0 Å². The summed E-state index contributed by atoms with van der Waals surface area (Å²) >= 11 is -1.10. The minimum Gasteiger partial charge on any atom is -0.476 e. The number of nitrogens with zero attached hydrogens (tertiary/aromatic N) is 1. The summed E-state index contributed by atoms with van der Waals surface area (Å²) in [7, 11) is 0. The Morgan fingerprint density at radius 1 is 0.880 bits per heavy atom. The zero-order valence-electron chi connectivity index (χ0n) is 14.8. The lowest BCUT2D eigenvalue weighted by Crippen LogP contribution is -2.24. The molecule has 2 nitrogen and oxygen atoms in total. The highest BCUT2D eigenvalue weighted by atomic mass is 27.2. The number of aliphatic imine (C=N–C) groups is 1. The molecule has 0 aromatic heterocycles. The van der Waals surface area contributed by atoms with E-state index in [1.165, 1.54) is 22.4 Å². The zero-order chi connectivity index (χ0) is 17.5. The summed E-state index contributed by atoms with van der Waals surface area (Å²) in [6, 6.07) is 27.3. The van der Waals surface area contributed by atoms with E-state index in [0.717, 1.165) is 11.0 Å². The minimum absolute atomic E-state index is 0.994. The molecule has 3 heteroatoms. The number of hydrogen-bond acceptors (Lipinski definition) is 2. The molecule has 3 rings (SSSR count). The van der Waals surface area contributed by atoms with Crippen LogP contribution in [0.5, 0.6) is 0 Å². The zero-order valence-corrected chi connectivity index (χ0v) is 16.0. The molecule has 0 aliphatic carbocycles. The highest BCUT2D eigenvalue weighted by molar-refractivity contribution is 6.60. The van der Waals surface area contributed by atoms with Gasteiger partial charge >= 0.3 is 14.4 Å². The third kappa shape index (κ3) is 5.32. The number of benzene rings is 3. The summed E-state index contributed by atoms with van der Waals surface area (Å²) in [6.07, 6.45) is 1.99. The van der Waals surface area contributed by atoms with Crippen molar-refractivity contribution in [2.24, 2.45) is 4.99 Å². The van der Waals surface area contributed by atoms with Crippen molar-refractivity contribution in [1.29, 1.82) is 0 Å². The fourth-order valence-electron chi connectivity index (χ4n) is 2.82. The van der Waals surface area contributed by atoms with Crippen molar-refractivity contribution in [2.75, 3.05) is 4.30 Å². The van der Waals surface area contributed by atoms with E-state index >= 15 is 0 Å². The molecule has 0 radical (unpaired) electrons. The van der Waals surface area contributed by atoms with E-state index in [1.807, 2.05) is 12.3 Å². The van der Waals surface area contributed by atoms with Gasteiger partial charge in [-0.1, -0.05) is 71.5 Å². The first-order valence-electron chi connectivity index (χ1n) is 8.71. The van der Waals surface area contributed by atoms with Crippen LogP contribution in [-0.4, -0.2) is 20.6 Å². The SMILES string of the molecule is Cc1ccc(N=Cc2ccccc2[CH2][Al]([CH3])[NH]c2ccccc2)cc1. The van der Waals surface area contributed by atoms with Crippen LogP contribution in [0.2, 0.25) is 5.79 Å². The topological polar surface area (TPSA) is 24.4 Å². The molecule has 0 fully saturated rings. The van der Waals surface area contributed by atoms with E-state index in [2.05, 4.69) is 94.8 Å². The summed E-state index contributed by atoms with van der Waals surface area (Å²) in [5, 5.41) is 1.09. The second-order valence-electron chi connectivity index (χ2n) is 6.41. The van der Waals surface area contributed by atoms with E-state index in [9.17, 15) is 0 Å². The third-order valence-electron chi connectivity index (χ3n) is 4.15. The highest BCUT2D eigenvalue weighted by Crippen LogP contribution is 2.15. The predicted molar refractivity (Wildman–Crippen MR) is 110 cm³/mol. The molecule has 0 saturated carbocycles. The van der Waals surface area contributed by atoms with Crippen molar-refractivity contribution < 1.29 is 0 Å². The molecule has 0 aliphatic rings. The van der Waals surface area contributed by atoms with E-state index in [4.69, 9.17) is 0 Å². The van der Waals surface area contributed by atoms with Crippen LogP contribution in [0.25, 0.3) is 0 Å². The van der Waals surface area contributed by atoms with Crippen molar-refractivity contribution in [2.45, 2.75) is 18.0 Å². The average molecular weight is 342 g/mol. The molecule has 0 amide bonds. The summed E-state index contributed by atoms with van der Waals surface area (Å²) in [6.45, 7) is 2.09. The largest absolute Gasteiger partial charge is 0.476 e. The maximum atomic E-state index is 4.64. The number of nitrogens with one attached hydrogen (secondary N) is 1. The quantitative estimate of drug-likeness (QED) is 0.460. The van der Waals surface area contributed by atoms with Crippen LogP contribution in [0.4, 0.5) is 11.4 Å². The molecule has 0 unspecified atom stereocenters. The van der Waals surface area contributed by atoms with E-state index in [-0.39, 0.29) is 0 Å². The van der Waals surface area contributed by atoms with Gasteiger partial charge in [0, 0.05) is 11.9 Å². The number of para-hydroxylation sites is 1. The summed E-state index contributed by atoms with van der Waals surface area (Å²) in [5.74, 6) is 2.35. The molecule has 0 bridgehead atoms. The normalized spacial score (nSPS) is 10.8. The number of hydrogen-bond donors (Lipinski definition) is 1. The van der Waals surface area contributed by atoms with Gasteiger partial charge in [-0.15, -0.1) is 0 Å². The molecule has 3 aromatic carbocycles. The first kappa shape index (κ1) is 17.5. The molecule has 3 aromatic rings. The van der Waals surface area contributed by atoms with Gasteiger partial charge in [0.25, 0.3) is 0 Å². The molecule has 0 heterocycles. The van der Waals surface area contributed by atoms with Crippen LogP contribution in [0.15, 0.2) is 83.9 Å². The maximum Gasteiger partial charge on any atom is 0.412 e. The Hall–Kier alpha value is -2.34. The Labute approximate surface area is 154 Å². The fourth-order valence-corrected chi connectivity index (χ4v) is 4.72. The van der Waals surface area contributed by atoms with Gasteiger partial charge in [-0.2, -0.15) is 0 Å². The molecule has 0 spiro atoms. The summed E-state index contributed by atoms with van der Waals surface area (Å²) in [4.78, 5) is 4.64. The minimum atomic E-state index is -1.10. The van der Waals surface area contributed by atoms with Gasteiger partial charge in [0.1, 0.15) is 0 Å². The van der Waals surface area contributed by atoms with Crippen LogP contribution < -0.4 is 4.30 Å². The molecule has 1 N–H and O–H groups in total. The monoisotopic (exact) mass is 342 g/mol. The third-order valence-corrected chi connectivity index (χ3v) is 6.03. The molecule has 25 heavy (non-hydrogen) atoms. The average Bonchev–Trinajstić information content (AvgIpc) is 2.63. The van der Waals surface area contributed by atoms with Crippen molar-refractivity contribution in [1.82, 2.24) is 0 Å². The van der Waals surface area contributed by atoms with Crippen molar-refractivity contribution in [3.05, 3.63) is 95.6 Å². The van der Waals surface area contributed by atoms with Crippen LogP contribution in [-0.2, 0) is 5.28 Å². The van der Waals surface area contributed by atoms with Gasteiger partial charge in [-0.05, 0) is 42.0 Å². The second-order valence-corrected chi connectivity index (χ2v) is 8.91. The lowest BCUT2D eigenvalue weighted by atomic mass is 10.1. The number of rotatable bonds is 6. The van der Waals surface area contributed by atoms with E-state index < -0.39 is 14.4 Å². The van der Waals surface area contributed by atoms with Crippen LogP contribution in [0, 0.1) is 6.92 Å². The molecular weight excluding hydrogens is 319 g/mol. The van der Waals surface area contributed by atoms with Gasteiger partial charge in [-0.25, -0.2) is 0 Å². The lowest BCUT2D eigenvalue weighted by molar-refractivity contribution is 1.33. The van der Waals surface area contributed by atoms with Gasteiger partial charge in [0.05, 0.1) is 5.69 Å². The van der Waals surface area contributed by atoms with Crippen LogP contribution >= 0.6 is 0 Å². The van der Waals surface area contributed by atoms with Crippen molar-refractivity contribution in [3.63, 3.8) is 0 Å². The lowest BCUT2D eigenvalue weighted by Gasteiger charge is -2.12. The maximum absolute atomic E-state index is 4.64. The van der Waals surface area contributed by atoms with Gasteiger partial charge in [-0.3, -0.25) is 4.99 Å². The number of aryl methyl sites for hydroxylation is 1. The van der Waals surface area contributed by atoms with E-state index in [1.54, 1.807) is 0 Å². The Balaban J connectivity index is 1.71.